The van der Waals surface area contributed by atoms with Crippen molar-refractivity contribution in [2.75, 3.05) is 19.7 Å². The fourth-order valence-electron chi connectivity index (χ4n) is 3.27. The highest BCUT2D eigenvalue weighted by Gasteiger charge is 2.37. The van der Waals surface area contributed by atoms with Crippen molar-refractivity contribution < 1.29 is 9.53 Å². The lowest BCUT2D eigenvalue weighted by Crippen LogP contribution is -2.48. The van der Waals surface area contributed by atoms with E-state index in [2.05, 4.69) is 38.4 Å². The largest absolute Gasteiger partial charge is 0.370 e. The Hall–Kier alpha value is -2.55. The molecule has 1 fully saturated rings. The minimum absolute atomic E-state index is 0.145. The van der Waals surface area contributed by atoms with Gasteiger partial charge in [-0.3, -0.25) is 14.5 Å². The molecule has 0 unspecified atom stereocenters. The molecule has 2 aromatic heterocycles. The monoisotopic (exact) mass is 329 g/mol. The fraction of sp³-hybridized carbons (Fsp3) is 0.533. The van der Waals surface area contributed by atoms with Gasteiger partial charge in [-0.15, -0.1) is 15.3 Å². The van der Waals surface area contributed by atoms with Gasteiger partial charge in [0.2, 0.25) is 5.82 Å². The Morgan fingerprint density at radius 2 is 2.04 bits per heavy atom. The smallest absolute Gasteiger partial charge is 0.291 e. The predicted molar refractivity (Wildman–Crippen MR) is 83.5 cm³/mol. The number of carbonyl (C=O) groups is 1. The van der Waals surface area contributed by atoms with Crippen LogP contribution in [0.15, 0.2) is 24.3 Å². The average molecular weight is 329 g/mol. The Kier molecular flexibility index (Phi) is 3.64. The molecule has 126 valence electrons. The van der Waals surface area contributed by atoms with Gasteiger partial charge in [-0.25, -0.2) is 0 Å². The number of piperidine rings is 1. The number of hydrogen-bond acceptors (Lipinski definition) is 6. The maximum atomic E-state index is 12.6. The number of likely N-dealkylation sites (tertiary alicyclic amines) is 1. The van der Waals surface area contributed by atoms with E-state index in [1.807, 2.05) is 0 Å². The maximum absolute atomic E-state index is 12.6. The molecule has 2 aliphatic rings. The van der Waals surface area contributed by atoms with E-state index in [0.717, 1.165) is 25.9 Å². The lowest BCUT2D eigenvalue weighted by atomic mass is 9.87. The van der Waals surface area contributed by atoms with E-state index in [-0.39, 0.29) is 17.3 Å². The van der Waals surface area contributed by atoms with E-state index in [0.29, 0.717) is 19.0 Å². The molecule has 1 spiro atoms. The summed E-state index contributed by atoms with van der Waals surface area (Å²) in [5, 5.41) is 14.1. The second-order valence-corrected chi connectivity index (χ2v) is 6.30. The first-order chi connectivity index (χ1) is 11.7. The van der Waals surface area contributed by atoms with Crippen molar-refractivity contribution in [1.29, 1.82) is 0 Å². The zero-order chi connectivity index (χ0) is 16.6. The van der Waals surface area contributed by atoms with E-state index in [1.165, 1.54) is 18.2 Å². The Morgan fingerprint density at radius 3 is 2.75 bits per heavy atom. The summed E-state index contributed by atoms with van der Waals surface area (Å²) in [5.41, 5.74) is 1.17. The molecule has 9 nitrogen and oxygen atoms in total. The molecule has 0 atom stereocenters. The highest BCUT2D eigenvalue weighted by Crippen LogP contribution is 2.33. The zero-order valence-electron chi connectivity index (χ0n) is 13.5. The molecule has 0 saturated carbocycles. The molecule has 24 heavy (non-hydrogen) atoms. The van der Waals surface area contributed by atoms with Crippen LogP contribution >= 0.6 is 0 Å². The molecule has 4 heterocycles. The van der Waals surface area contributed by atoms with Crippen molar-refractivity contribution >= 4 is 5.91 Å². The Labute approximate surface area is 138 Å². The summed E-state index contributed by atoms with van der Waals surface area (Å²) in [6.45, 7) is 4.19. The van der Waals surface area contributed by atoms with E-state index >= 15 is 0 Å². The van der Waals surface area contributed by atoms with Crippen LogP contribution in [-0.2, 0) is 4.74 Å². The van der Waals surface area contributed by atoms with Crippen LogP contribution in [0, 0.1) is 0 Å². The van der Waals surface area contributed by atoms with E-state index < -0.39 is 0 Å². The first-order valence-electron chi connectivity index (χ1n) is 8.04. The van der Waals surface area contributed by atoms with Crippen molar-refractivity contribution in [3.8, 4) is 5.95 Å². The van der Waals surface area contributed by atoms with Gasteiger partial charge in [0.1, 0.15) is 12.7 Å². The second kappa shape index (κ2) is 5.82. The summed E-state index contributed by atoms with van der Waals surface area (Å²) >= 11 is 0. The number of nitrogens with one attached hydrogen (secondary N) is 1. The fourth-order valence-corrected chi connectivity index (χ4v) is 3.27. The molecule has 1 saturated heterocycles. The maximum Gasteiger partial charge on any atom is 0.291 e. The lowest BCUT2D eigenvalue weighted by molar-refractivity contribution is -0.0523. The first-order valence-corrected chi connectivity index (χ1v) is 8.04. The first kappa shape index (κ1) is 15.0. The molecule has 2 aromatic rings. The van der Waals surface area contributed by atoms with Gasteiger partial charge < -0.3 is 9.64 Å². The molecule has 1 N–H and O–H groups in total. The third-order valence-electron chi connectivity index (χ3n) is 4.62. The number of aromatic amines is 1. The van der Waals surface area contributed by atoms with Crippen molar-refractivity contribution in [2.45, 2.75) is 31.8 Å². The van der Waals surface area contributed by atoms with Gasteiger partial charge in [-0.05, 0) is 26.2 Å². The average Bonchev–Trinajstić information content (AvgIpc) is 3.26. The van der Waals surface area contributed by atoms with Crippen molar-refractivity contribution in [3.63, 3.8) is 0 Å². The lowest BCUT2D eigenvalue weighted by Gasteiger charge is -2.41. The second-order valence-electron chi connectivity index (χ2n) is 6.30. The standard InChI is InChI=1S/C15H19N7O2/c1-11-2-7-24-15(8-11)3-5-21(6-4-15)13(23)12-18-14(20-19-12)22-9-16-17-10-22/h8-10H,2-7H2,1H3,(H,18,19,20). The number of hydrogen-bond donors (Lipinski definition) is 1. The summed E-state index contributed by atoms with van der Waals surface area (Å²) in [4.78, 5) is 18.6. The van der Waals surface area contributed by atoms with Crippen molar-refractivity contribution in [3.05, 3.63) is 30.1 Å². The molecule has 0 radical (unpaired) electrons. The minimum atomic E-state index is -0.200. The third-order valence-corrected chi connectivity index (χ3v) is 4.62. The number of rotatable bonds is 2. The van der Waals surface area contributed by atoms with Crippen LogP contribution in [-0.4, -0.2) is 66.1 Å². The van der Waals surface area contributed by atoms with Crippen LogP contribution in [0.4, 0.5) is 0 Å². The van der Waals surface area contributed by atoms with Gasteiger partial charge in [0.25, 0.3) is 11.9 Å². The SMILES string of the molecule is CC1=CC2(CCN(C(=O)c3nc(-n4cnnc4)n[nH]3)CC2)OCC1. The van der Waals surface area contributed by atoms with E-state index in [1.54, 1.807) is 9.47 Å². The van der Waals surface area contributed by atoms with Gasteiger partial charge >= 0.3 is 0 Å². The highest BCUT2D eigenvalue weighted by atomic mass is 16.5. The molecule has 4 rings (SSSR count). The minimum Gasteiger partial charge on any atom is -0.370 e. The molecular weight excluding hydrogens is 310 g/mol. The van der Waals surface area contributed by atoms with Crippen LogP contribution in [0.25, 0.3) is 5.95 Å². The van der Waals surface area contributed by atoms with Crippen LogP contribution < -0.4 is 0 Å². The Morgan fingerprint density at radius 1 is 1.29 bits per heavy atom. The topological polar surface area (TPSA) is 102 Å². The Bertz CT molecular complexity index is 757. The van der Waals surface area contributed by atoms with Gasteiger partial charge in [-0.2, -0.15) is 4.98 Å². The Balaban J connectivity index is 1.44. The van der Waals surface area contributed by atoms with E-state index in [4.69, 9.17) is 4.74 Å². The number of H-pyrrole nitrogens is 1. The highest BCUT2D eigenvalue weighted by molar-refractivity contribution is 5.90. The third kappa shape index (κ3) is 2.71. The van der Waals surface area contributed by atoms with Gasteiger partial charge in [0, 0.05) is 13.1 Å². The number of amides is 1. The van der Waals surface area contributed by atoms with Crippen LogP contribution in [0.5, 0.6) is 0 Å². The molecule has 9 heteroatoms. The summed E-state index contributed by atoms with van der Waals surface area (Å²) in [6.07, 6.45) is 7.81. The van der Waals surface area contributed by atoms with Crippen LogP contribution in [0.3, 0.4) is 0 Å². The molecule has 1 amide bonds. The van der Waals surface area contributed by atoms with E-state index in [9.17, 15) is 4.79 Å². The summed E-state index contributed by atoms with van der Waals surface area (Å²) in [5.74, 6) is 0.435. The number of carbonyl (C=O) groups excluding carboxylic acids is 1. The molecule has 0 aromatic carbocycles. The predicted octanol–water partition coefficient (Wildman–Crippen LogP) is 0.727. The number of nitrogens with zero attached hydrogens (tertiary/aromatic N) is 6. The number of ether oxygens (including phenoxy) is 1. The number of aromatic nitrogens is 6. The van der Waals surface area contributed by atoms with Crippen LogP contribution in [0.2, 0.25) is 0 Å². The summed E-state index contributed by atoms with van der Waals surface area (Å²) in [7, 11) is 0. The van der Waals surface area contributed by atoms with Gasteiger partial charge in [0.05, 0.1) is 12.2 Å². The van der Waals surface area contributed by atoms with Crippen molar-refractivity contribution in [2.24, 2.45) is 0 Å². The summed E-state index contributed by atoms with van der Waals surface area (Å²) in [6, 6.07) is 0. The van der Waals surface area contributed by atoms with Gasteiger partial charge in [0.15, 0.2) is 0 Å². The molecular formula is C15H19N7O2. The normalized spacial score (nSPS) is 20.2. The molecule has 0 bridgehead atoms. The summed E-state index contributed by atoms with van der Waals surface area (Å²) < 4.78 is 7.54. The zero-order valence-corrected chi connectivity index (χ0v) is 13.5. The van der Waals surface area contributed by atoms with Crippen LogP contribution in [0.1, 0.15) is 36.8 Å². The molecule has 0 aliphatic carbocycles. The quantitative estimate of drug-likeness (QED) is 0.815. The molecule has 2 aliphatic heterocycles. The van der Waals surface area contributed by atoms with Gasteiger partial charge in [-0.1, -0.05) is 11.6 Å². The van der Waals surface area contributed by atoms with Crippen molar-refractivity contribution in [1.82, 2.24) is 34.8 Å².